The molecule has 1 heterocycles. The highest BCUT2D eigenvalue weighted by Gasteiger charge is 2.03. The summed E-state index contributed by atoms with van der Waals surface area (Å²) < 4.78 is 10.7. The minimum Gasteiger partial charge on any atom is -0.497 e. The number of nitrogens with two attached hydrogens (primary N) is 1. The van der Waals surface area contributed by atoms with Gasteiger partial charge >= 0.3 is 0 Å². The standard InChI is InChI=1S/C11H12N2O2S/c1-14-8-2-3-10(12)11(4-8)15-6-9-5-13-7-16-9/h2-5,7H,6,12H2,1H3. The summed E-state index contributed by atoms with van der Waals surface area (Å²) in [6.45, 7) is 0.474. The summed E-state index contributed by atoms with van der Waals surface area (Å²) in [5.41, 5.74) is 8.16. The van der Waals surface area contributed by atoms with E-state index in [1.165, 1.54) is 0 Å². The van der Waals surface area contributed by atoms with Crippen molar-refractivity contribution in [2.24, 2.45) is 0 Å². The zero-order valence-electron chi connectivity index (χ0n) is 8.84. The van der Waals surface area contributed by atoms with Crippen LogP contribution in [-0.2, 0) is 6.61 Å². The summed E-state index contributed by atoms with van der Waals surface area (Å²) in [4.78, 5) is 5.03. The molecule has 2 N–H and O–H groups in total. The first-order valence-electron chi connectivity index (χ1n) is 4.73. The topological polar surface area (TPSA) is 57.4 Å². The number of hydrogen-bond acceptors (Lipinski definition) is 5. The normalized spacial score (nSPS) is 10.1. The lowest BCUT2D eigenvalue weighted by atomic mass is 10.3. The van der Waals surface area contributed by atoms with Gasteiger partial charge in [0.15, 0.2) is 0 Å². The lowest BCUT2D eigenvalue weighted by molar-refractivity contribution is 0.308. The molecular formula is C11H12N2O2S. The van der Waals surface area contributed by atoms with E-state index in [4.69, 9.17) is 15.2 Å². The van der Waals surface area contributed by atoms with Gasteiger partial charge in [-0.3, -0.25) is 4.98 Å². The Hall–Kier alpha value is -1.75. The highest BCUT2D eigenvalue weighted by atomic mass is 32.1. The predicted octanol–water partition coefficient (Wildman–Crippen LogP) is 2.31. The fraction of sp³-hybridized carbons (Fsp3) is 0.182. The molecular weight excluding hydrogens is 224 g/mol. The van der Waals surface area contributed by atoms with Crippen molar-refractivity contribution >= 4 is 17.0 Å². The maximum Gasteiger partial charge on any atom is 0.146 e. The Balaban J connectivity index is 2.08. The van der Waals surface area contributed by atoms with Gasteiger partial charge in [-0.15, -0.1) is 11.3 Å². The highest BCUT2D eigenvalue weighted by molar-refractivity contribution is 7.09. The Morgan fingerprint density at radius 3 is 3.00 bits per heavy atom. The minimum atomic E-state index is 0.474. The van der Waals surface area contributed by atoms with Crippen molar-refractivity contribution < 1.29 is 9.47 Å². The van der Waals surface area contributed by atoms with E-state index in [1.54, 1.807) is 48.4 Å². The molecule has 1 aromatic heterocycles. The zero-order valence-corrected chi connectivity index (χ0v) is 9.66. The number of nitrogen functional groups attached to an aromatic ring is 1. The molecule has 0 radical (unpaired) electrons. The van der Waals surface area contributed by atoms with Crippen molar-refractivity contribution in [1.82, 2.24) is 4.98 Å². The second kappa shape index (κ2) is 4.85. The van der Waals surface area contributed by atoms with Gasteiger partial charge in [-0.25, -0.2) is 0 Å². The van der Waals surface area contributed by atoms with Crippen LogP contribution >= 0.6 is 11.3 Å². The van der Waals surface area contributed by atoms with E-state index in [-0.39, 0.29) is 0 Å². The molecule has 0 aliphatic carbocycles. The van der Waals surface area contributed by atoms with E-state index in [1.807, 2.05) is 0 Å². The average Bonchev–Trinajstić information content (AvgIpc) is 2.81. The average molecular weight is 236 g/mol. The van der Waals surface area contributed by atoms with E-state index in [9.17, 15) is 0 Å². The quantitative estimate of drug-likeness (QED) is 0.828. The second-order valence-corrected chi connectivity index (χ2v) is 4.13. The van der Waals surface area contributed by atoms with Crippen LogP contribution in [0.15, 0.2) is 29.9 Å². The van der Waals surface area contributed by atoms with Crippen LogP contribution in [0.2, 0.25) is 0 Å². The molecule has 0 fully saturated rings. The summed E-state index contributed by atoms with van der Waals surface area (Å²) in [5, 5.41) is 0. The van der Waals surface area contributed by atoms with Crippen LogP contribution in [0.3, 0.4) is 0 Å². The number of rotatable bonds is 4. The van der Waals surface area contributed by atoms with E-state index in [2.05, 4.69) is 4.98 Å². The Labute approximate surface area is 97.6 Å². The molecule has 0 saturated heterocycles. The van der Waals surface area contributed by atoms with Crippen LogP contribution in [0.5, 0.6) is 11.5 Å². The van der Waals surface area contributed by atoms with Crippen molar-refractivity contribution in [3.8, 4) is 11.5 Å². The number of nitrogens with zero attached hydrogens (tertiary/aromatic N) is 1. The fourth-order valence-electron chi connectivity index (χ4n) is 1.23. The van der Waals surface area contributed by atoms with Gasteiger partial charge < -0.3 is 15.2 Å². The molecule has 2 rings (SSSR count). The number of methoxy groups -OCH3 is 1. The van der Waals surface area contributed by atoms with Crippen molar-refractivity contribution in [2.45, 2.75) is 6.61 Å². The van der Waals surface area contributed by atoms with E-state index in [0.717, 1.165) is 10.6 Å². The van der Waals surface area contributed by atoms with Gasteiger partial charge in [-0.2, -0.15) is 0 Å². The molecule has 16 heavy (non-hydrogen) atoms. The number of anilines is 1. The molecule has 2 aromatic rings. The summed E-state index contributed by atoms with van der Waals surface area (Å²) >= 11 is 1.55. The third-order valence-electron chi connectivity index (χ3n) is 2.07. The molecule has 84 valence electrons. The zero-order chi connectivity index (χ0) is 11.4. The molecule has 1 aromatic carbocycles. The Bertz CT molecular complexity index is 457. The number of aromatic nitrogens is 1. The van der Waals surface area contributed by atoms with Crippen LogP contribution in [0.1, 0.15) is 4.88 Å². The summed E-state index contributed by atoms with van der Waals surface area (Å²) in [7, 11) is 1.61. The molecule has 5 heteroatoms. The van der Waals surface area contributed by atoms with Crippen molar-refractivity contribution in [1.29, 1.82) is 0 Å². The fourth-order valence-corrected chi connectivity index (χ4v) is 1.73. The largest absolute Gasteiger partial charge is 0.497 e. The molecule has 0 spiro atoms. The Kier molecular flexibility index (Phi) is 3.26. The number of thiazole rings is 1. The summed E-state index contributed by atoms with van der Waals surface area (Å²) in [6.07, 6.45) is 1.78. The molecule has 0 amide bonds. The van der Waals surface area contributed by atoms with Crippen LogP contribution in [-0.4, -0.2) is 12.1 Å². The van der Waals surface area contributed by atoms with Gasteiger partial charge in [-0.05, 0) is 12.1 Å². The molecule has 0 aliphatic heterocycles. The molecule has 4 nitrogen and oxygen atoms in total. The first-order chi connectivity index (χ1) is 7.79. The minimum absolute atomic E-state index is 0.474. The number of hydrogen-bond donors (Lipinski definition) is 1. The van der Waals surface area contributed by atoms with Crippen LogP contribution < -0.4 is 15.2 Å². The molecule has 0 atom stereocenters. The first-order valence-corrected chi connectivity index (χ1v) is 5.61. The van der Waals surface area contributed by atoms with Gasteiger partial charge in [0.25, 0.3) is 0 Å². The van der Waals surface area contributed by atoms with Gasteiger partial charge in [0, 0.05) is 12.3 Å². The Morgan fingerprint density at radius 2 is 2.31 bits per heavy atom. The molecule has 0 bridgehead atoms. The third-order valence-corrected chi connectivity index (χ3v) is 2.83. The summed E-state index contributed by atoms with van der Waals surface area (Å²) in [5.74, 6) is 1.36. The molecule has 0 saturated carbocycles. The molecule has 0 aliphatic rings. The van der Waals surface area contributed by atoms with Crippen molar-refractivity contribution in [2.75, 3.05) is 12.8 Å². The monoisotopic (exact) mass is 236 g/mol. The van der Waals surface area contributed by atoms with E-state index >= 15 is 0 Å². The van der Waals surface area contributed by atoms with E-state index in [0.29, 0.717) is 18.0 Å². The van der Waals surface area contributed by atoms with Gasteiger partial charge in [0.05, 0.1) is 23.2 Å². The third kappa shape index (κ3) is 2.43. The maximum absolute atomic E-state index is 5.79. The van der Waals surface area contributed by atoms with Gasteiger partial charge in [0.2, 0.25) is 0 Å². The van der Waals surface area contributed by atoms with Gasteiger partial charge in [-0.1, -0.05) is 0 Å². The van der Waals surface area contributed by atoms with Crippen LogP contribution in [0.4, 0.5) is 5.69 Å². The van der Waals surface area contributed by atoms with E-state index < -0.39 is 0 Å². The smallest absolute Gasteiger partial charge is 0.146 e. The Morgan fingerprint density at radius 1 is 1.44 bits per heavy atom. The number of benzene rings is 1. The predicted molar refractivity (Wildman–Crippen MR) is 63.9 cm³/mol. The lowest BCUT2D eigenvalue weighted by Gasteiger charge is -2.09. The number of ether oxygens (including phenoxy) is 2. The van der Waals surface area contributed by atoms with Crippen molar-refractivity contribution in [3.63, 3.8) is 0 Å². The van der Waals surface area contributed by atoms with Crippen molar-refractivity contribution in [3.05, 3.63) is 34.8 Å². The summed E-state index contributed by atoms with van der Waals surface area (Å²) in [6, 6.07) is 5.34. The molecule has 0 unspecified atom stereocenters. The SMILES string of the molecule is COc1ccc(N)c(OCc2cncs2)c1. The highest BCUT2D eigenvalue weighted by Crippen LogP contribution is 2.27. The maximum atomic E-state index is 5.79. The first kappa shape index (κ1) is 10.8. The lowest BCUT2D eigenvalue weighted by Crippen LogP contribution is -1.97. The van der Waals surface area contributed by atoms with Crippen LogP contribution in [0, 0.1) is 0 Å². The van der Waals surface area contributed by atoms with Gasteiger partial charge in [0.1, 0.15) is 18.1 Å². The van der Waals surface area contributed by atoms with Crippen LogP contribution in [0.25, 0.3) is 0 Å². The second-order valence-electron chi connectivity index (χ2n) is 3.16.